The number of hydrogen-bond donors (Lipinski definition) is 1. The number of carbonyl (C=O) groups is 1. The Hall–Kier alpha value is -3.97. The van der Waals surface area contributed by atoms with Crippen molar-refractivity contribution in [1.82, 2.24) is 25.1 Å². The van der Waals surface area contributed by atoms with Crippen molar-refractivity contribution in [3.8, 4) is 17.1 Å². The van der Waals surface area contributed by atoms with Crippen LogP contribution in [0.3, 0.4) is 0 Å². The second-order valence-corrected chi connectivity index (χ2v) is 9.66. The van der Waals surface area contributed by atoms with E-state index in [1.54, 1.807) is 0 Å². The number of para-hydroxylation sites is 1. The van der Waals surface area contributed by atoms with Gasteiger partial charge >= 0.3 is 0 Å². The molecule has 1 N–H and O–H groups in total. The molecule has 0 spiro atoms. The van der Waals surface area contributed by atoms with Gasteiger partial charge in [0.15, 0.2) is 11.5 Å². The Morgan fingerprint density at radius 2 is 1.57 bits per heavy atom. The van der Waals surface area contributed by atoms with Crippen molar-refractivity contribution in [3.63, 3.8) is 0 Å². The van der Waals surface area contributed by atoms with Gasteiger partial charge in [0.2, 0.25) is 5.91 Å². The van der Waals surface area contributed by atoms with Gasteiger partial charge in [0.05, 0.1) is 22.5 Å². The molecule has 7 heteroatoms. The molecule has 0 aliphatic heterocycles. The van der Waals surface area contributed by atoms with E-state index in [1.165, 1.54) is 17.3 Å². The van der Waals surface area contributed by atoms with Gasteiger partial charge in [-0.1, -0.05) is 97.5 Å². The quantitative estimate of drug-likeness (QED) is 0.145. The molecule has 0 aliphatic rings. The summed E-state index contributed by atoms with van der Waals surface area (Å²) in [5.41, 5.74) is 4.82. The molecule has 5 rings (SSSR count). The summed E-state index contributed by atoms with van der Waals surface area (Å²) >= 11 is 1.44. The van der Waals surface area contributed by atoms with Gasteiger partial charge in [0.1, 0.15) is 5.03 Å². The Balaban J connectivity index is 1.39. The Kier molecular flexibility index (Phi) is 7.91. The van der Waals surface area contributed by atoms with E-state index in [0.717, 1.165) is 52.3 Å². The lowest BCUT2D eigenvalue weighted by Gasteiger charge is -2.09. The van der Waals surface area contributed by atoms with E-state index in [9.17, 15) is 4.79 Å². The highest BCUT2D eigenvalue weighted by Crippen LogP contribution is 2.32. The van der Waals surface area contributed by atoms with E-state index < -0.39 is 0 Å². The van der Waals surface area contributed by atoms with Crippen LogP contribution in [0.25, 0.3) is 28.1 Å². The number of benzene rings is 3. The maximum Gasteiger partial charge on any atom is 0.230 e. The zero-order valence-electron chi connectivity index (χ0n) is 20.8. The number of hydrogen-bond acceptors (Lipinski definition) is 5. The first-order valence-electron chi connectivity index (χ1n) is 12.6. The van der Waals surface area contributed by atoms with Gasteiger partial charge in [0.25, 0.3) is 0 Å². The number of amides is 1. The molecule has 0 saturated carbocycles. The molecule has 37 heavy (non-hydrogen) atoms. The molecule has 186 valence electrons. The minimum absolute atomic E-state index is 0.000385. The highest BCUT2D eigenvalue weighted by Gasteiger charge is 2.20. The van der Waals surface area contributed by atoms with Crippen molar-refractivity contribution < 1.29 is 4.79 Å². The highest BCUT2D eigenvalue weighted by molar-refractivity contribution is 8.00. The summed E-state index contributed by atoms with van der Waals surface area (Å²) in [4.78, 5) is 22.6. The first kappa shape index (κ1) is 24.7. The van der Waals surface area contributed by atoms with Crippen LogP contribution in [0.4, 0.5) is 0 Å². The van der Waals surface area contributed by atoms with Crippen LogP contribution < -0.4 is 5.32 Å². The van der Waals surface area contributed by atoms with Gasteiger partial charge in [-0.3, -0.25) is 4.79 Å². The fourth-order valence-electron chi connectivity index (χ4n) is 4.22. The van der Waals surface area contributed by atoms with Crippen molar-refractivity contribution in [3.05, 3.63) is 102 Å². The summed E-state index contributed by atoms with van der Waals surface area (Å²) in [6.45, 7) is 2.73. The number of thioether (sulfide) groups is 1. The molecule has 0 aliphatic carbocycles. The van der Waals surface area contributed by atoms with Crippen LogP contribution in [0.5, 0.6) is 0 Å². The summed E-state index contributed by atoms with van der Waals surface area (Å²) in [6, 6.07) is 30.3. The molecule has 0 bridgehead atoms. The standard InChI is InChI=1S/C30H29N5OS/c1-2-25-27-29(35(34-25)24-18-10-5-11-19-24)32-28(23-16-8-4-9-17-23)33-30(27)37-21-26(36)31-20-12-15-22-13-6-3-7-14-22/h3-11,13-14,16-19H,2,12,15,20-21H2,1H3,(H,31,36). The highest BCUT2D eigenvalue weighted by atomic mass is 32.2. The number of aromatic nitrogens is 4. The summed E-state index contributed by atoms with van der Waals surface area (Å²) in [5.74, 6) is 0.906. The molecular weight excluding hydrogens is 478 g/mol. The third kappa shape index (κ3) is 5.89. The molecule has 0 saturated heterocycles. The van der Waals surface area contributed by atoms with Crippen LogP contribution in [0.2, 0.25) is 0 Å². The van der Waals surface area contributed by atoms with Gasteiger partial charge in [0, 0.05) is 12.1 Å². The van der Waals surface area contributed by atoms with Gasteiger partial charge in [-0.05, 0) is 37.0 Å². The van der Waals surface area contributed by atoms with Crippen LogP contribution in [-0.4, -0.2) is 38.0 Å². The number of aryl methyl sites for hydroxylation is 2. The molecule has 1 amide bonds. The van der Waals surface area contributed by atoms with Crippen molar-refractivity contribution >= 4 is 28.7 Å². The average Bonchev–Trinajstić information content (AvgIpc) is 3.34. The number of fused-ring (bicyclic) bond motifs is 1. The molecule has 0 fully saturated rings. The van der Waals surface area contributed by atoms with Crippen molar-refractivity contribution in [2.24, 2.45) is 0 Å². The summed E-state index contributed by atoms with van der Waals surface area (Å²) in [5, 5.41) is 9.63. The lowest BCUT2D eigenvalue weighted by molar-refractivity contribution is -0.118. The number of nitrogens with zero attached hydrogens (tertiary/aromatic N) is 4. The Bertz CT molecular complexity index is 1470. The number of carbonyl (C=O) groups excluding carboxylic acids is 1. The molecule has 5 aromatic rings. The van der Waals surface area contributed by atoms with Gasteiger partial charge in [-0.15, -0.1) is 0 Å². The first-order chi connectivity index (χ1) is 18.2. The van der Waals surface area contributed by atoms with E-state index in [-0.39, 0.29) is 11.7 Å². The third-order valence-corrected chi connectivity index (χ3v) is 7.06. The summed E-state index contributed by atoms with van der Waals surface area (Å²) in [7, 11) is 0. The van der Waals surface area contributed by atoms with Gasteiger partial charge in [-0.2, -0.15) is 5.10 Å². The molecule has 0 unspecified atom stereocenters. The van der Waals surface area contributed by atoms with Crippen molar-refractivity contribution in [1.29, 1.82) is 0 Å². The number of nitrogens with one attached hydrogen (secondary N) is 1. The molecule has 6 nitrogen and oxygen atoms in total. The zero-order chi connectivity index (χ0) is 25.5. The van der Waals surface area contributed by atoms with Crippen molar-refractivity contribution in [2.45, 2.75) is 31.2 Å². The van der Waals surface area contributed by atoms with Crippen LogP contribution in [-0.2, 0) is 17.6 Å². The predicted octanol–water partition coefficient (Wildman–Crippen LogP) is 5.89. The second-order valence-electron chi connectivity index (χ2n) is 8.69. The molecule has 0 radical (unpaired) electrons. The fraction of sp³-hybridized carbons (Fsp3) is 0.200. The van der Waals surface area contributed by atoms with Crippen molar-refractivity contribution in [2.75, 3.05) is 12.3 Å². The number of rotatable bonds is 10. The largest absolute Gasteiger partial charge is 0.355 e. The minimum Gasteiger partial charge on any atom is -0.355 e. The van der Waals surface area contributed by atoms with Crippen LogP contribution >= 0.6 is 11.8 Å². The van der Waals surface area contributed by atoms with E-state index in [4.69, 9.17) is 15.1 Å². The van der Waals surface area contributed by atoms with E-state index in [0.29, 0.717) is 12.4 Å². The smallest absolute Gasteiger partial charge is 0.230 e. The van der Waals surface area contributed by atoms with Crippen LogP contribution in [0.1, 0.15) is 24.6 Å². The Morgan fingerprint density at radius 1 is 0.892 bits per heavy atom. The molecular formula is C30H29N5OS. The molecule has 0 atom stereocenters. The van der Waals surface area contributed by atoms with Gasteiger partial charge < -0.3 is 5.32 Å². The third-order valence-electron chi connectivity index (χ3n) is 6.08. The average molecular weight is 508 g/mol. The monoisotopic (exact) mass is 507 g/mol. The molecule has 2 heterocycles. The second kappa shape index (κ2) is 11.8. The van der Waals surface area contributed by atoms with Crippen LogP contribution in [0.15, 0.2) is 96.0 Å². The van der Waals surface area contributed by atoms with E-state index in [2.05, 4.69) is 24.4 Å². The zero-order valence-corrected chi connectivity index (χ0v) is 21.6. The maximum absolute atomic E-state index is 12.7. The SMILES string of the molecule is CCc1nn(-c2ccccc2)c2nc(-c3ccccc3)nc(SCC(=O)NCCCc3ccccc3)c12. The molecule has 2 aromatic heterocycles. The summed E-state index contributed by atoms with van der Waals surface area (Å²) < 4.78 is 1.88. The lowest BCUT2D eigenvalue weighted by atomic mass is 10.1. The Labute approximate surface area is 221 Å². The van der Waals surface area contributed by atoms with Gasteiger partial charge in [-0.25, -0.2) is 14.6 Å². The molecule has 3 aromatic carbocycles. The first-order valence-corrected chi connectivity index (χ1v) is 13.6. The topological polar surface area (TPSA) is 72.7 Å². The minimum atomic E-state index is -0.000385. The lowest BCUT2D eigenvalue weighted by Crippen LogP contribution is -2.26. The Morgan fingerprint density at radius 3 is 2.27 bits per heavy atom. The van der Waals surface area contributed by atoms with E-state index >= 15 is 0 Å². The normalized spacial score (nSPS) is 11.1. The summed E-state index contributed by atoms with van der Waals surface area (Å²) in [6.07, 6.45) is 2.59. The van der Waals surface area contributed by atoms with Crippen LogP contribution in [0, 0.1) is 0 Å². The van der Waals surface area contributed by atoms with E-state index in [1.807, 2.05) is 83.5 Å². The predicted molar refractivity (Wildman–Crippen MR) is 150 cm³/mol. The fourth-order valence-corrected chi connectivity index (χ4v) is 5.09. The maximum atomic E-state index is 12.7.